The van der Waals surface area contributed by atoms with E-state index in [1.165, 1.54) is 18.7 Å². The molecular weight excluding hydrogens is 204 g/mol. The number of rotatable bonds is 5. The molecule has 1 aromatic carbocycles. The van der Waals surface area contributed by atoms with Gasteiger partial charge in [-0.15, -0.1) is 0 Å². The van der Waals surface area contributed by atoms with Crippen molar-refractivity contribution in [1.82, 2.24) is 0 Å². The summed E-state index contributed by atoms with van der Waals surface area (Å²) in [5.74, 6) is -0.295. The third-order valence-electron chi connectivity index (χ3n) is 2.15. The molecule has 0 aliphatic carbocycles. The van der Waals surface area contributed by atoms with Crippen molar-refractivity contribution in [3.05, 3.63) is 41.7 Å². The molecule has 0 aliphatic rings. The fraction of sp³-hybridized carbons (Fsp3) is 0.308. The summed E-state index contributed by atoms with van der Waals surface area (Å²) in [5.41, 5.74) is 1.38. The molecule has 1 rings (SSSR count). The van der Waals surface area contributed by atoms with Crippen LogP contribution in [0, 0.1) is 0 Å². The Labute approximate surface area is 95.4 Å². The van der Waals surface area contributed by atoms with Crippen LogP contribution >= 0.6 is 0 Å². The molecule has 0 amide bonds. The third kappa shape index (κ3) is 3.77. The van der Waals surface area contributed by atoms with Crippen LogP contribution in [-0.2, 0) is 11.2 Å². The van der Waals surface area contributed by atoms with Gasteiger partial charge in [0.15, 0.2) is 0 Å². The van der Waals surface area contributed by atoms with Crippen LogP contribution in [0.15, 0.2) is 36.1 Å². The number of carbonyl (C=O) groups is 1. The van der Waals surface area contributed by atoms with Gasteiger partial charge in [0.2, 0.25) is 0 Å². The Morgan fingerprint density at radius 2 is 2.25 bits per heavy atom. The van der Waals surface area contributed by atoms with Gasteiger partial charge in [0.05, 0.1) is 5.57 Å². The number of benzene rings is 1. The summed E-state index contributed by atoms with van der Waals surface area (Å²) in [5, 5.41) is 8.65. The minimum atomic E-state index is -0.968. The van der Waals surface area contributed by atoms with E-state index in [4.69, 9.17) is 9.84 Å². The molecule has 0 saturated heterocycles. The van der Waals surface area contributed by atoms with Gasteiger partial charge in [-0.25, -0.2) is 4.79 Å². The Kier molecular flexibility index (Phi) is 4.58. The molecule has 3 heteroatoms. The molecule has 1 aromatic rings. The molecule has 0 bridgehead atoms. The van der Waals surface area contributed by atoms with Crippen LogP contribution in [-0.4, -0.2) is 11.1 Å². The van der Waals surface area contributed by atoms with E-state index in [0.29, 0.717) is 5.75 Å². The molecule has 0 fully saturated rings. The second-order valence-electron chi connectivity index (χ2n) is 3.62. The number of hydrogen-bond donors (Lipinski definition) is 1. The molecule has 86 valence electrons. The number of hydrogen-bond acceptors (Lipinski definition) is 2. The highest BCUT2D eigenvalue weighted by molar-refractivity contribution is 5.85. The van der Waals surface area contributed by atoms with E-state index in [0.717, 1.165) is 12.8 Å². The van der Waals surface area contributed by atoms with Crippen molar-refractivity contribution in [1.29, 1.82) is 0 Å². The molecule has 0 spiro atoms. The topological polar surface area (TPSA) is 46.5 Å². The van der Waals surface area contributed by atoms with Gasteiger partial charge in [0, 0.05) is 0 Å². The van der Waals surface area contributed by atoms with Crippen LogP contribution in [0.3, 0.4) is 0 Å². The molecule has 0 aromatic heterocycles. The summed E-state index contributed by atoms with van der Waals surface area (Å²) < 4.78 is 5.27. The predicted molar refractivity (Wildman–Crippen MR) is 62.5 cm³/mol. The van der Waals surface area contributed by atoms with Crippen molar-refractivity contribution in [3.63, 3.8) is 0 Å². The predicted octanol–water partition coefficient (Wildman–Crippen LogP) is 3.01. The first-order chi connectivity index (χ1) is 7.63. The van der Waals surface area contributed by atoms with Gasteiger partial charge in [-0.3, -0.25) is 0 Å². The maximum absolute atomic E-state index is 10.5. The van der Waals surface area contributed by atoms with E-state index in [1.54, 1.807) is 0 Å². The summed E-state index contributed by atoms with van der Waals surface area (Å²) in [6.45, 7) is 3.61. The Hall–Kier alpha value is -1.77. The Morgan fingerprint density at radius 3 is 2.88 bits per heavy atom. The van der Waals surface area contributed by atoms with Crippen molar-refractivity contribution in [2.24, 2.45) is 0 Å². The minimum Gasteiger partial charge on any atom is -0.478 e. The van der Waals surface area contributed by atoms with Gasteiger partial charge in [0.1, 0.15) is 12.0 Å². The quantitative estimate of drug-likeness (QED) is 0.613. The average Bonchev–Trinajstić information content (AvgIpc) is 2.26. The van der Waals surface area contributed by atoms with Crippen molar-refractivity contribution in [2.45, 2.75) is 26.7 Å². The van der Waals surface area contributed by atoms with Crippen LogP contribution in [0.1, 0.15) is 25.8 Å². The second kappa shape index (κ2) is 5.95. The zero-order valence-corrected chi connectivity index (χ0v) is 9.56. The Balaban J connectivity index is 2.70. The van der Waals surface area contributed by atoms with Gasteiger partial charge in [-0.05, 0) is 31.0 Å². The lowest BCUT2D eigenvalue weighted by Gasteiger charge is -2.03. The van der Waals surface area contributed by atoms with E-state index in [-0.39, 0.29) is 5.57 Å². The minimum absolute atomic E-state index is 0.181. The summed E-state index contributed by atoms with van der Waals surface area (Å²) in [6, 6.07) is 7.67. The highest BCUT2D eigenvalue weighted by Gasteiger charge is 2.00. The largest absolute Gasteiger partial charge is 0.478 e. The summed E-state index contributed by atoms with van der Waals surface area (Å²) in [7, 11) is 0. The molecular formula is C13H16O3. The monoisotopic (exact) mass is 220 g/mol. The normalized spacial score (nSPS) is 11.2. The first-order valence-electron chi connectivity index (χ1n) is 5.29. The van der Waals surface area contributed by atoms with Crippen molar-refractivity contribution in [2.75, 3.05) is 0 Å². The van der Waals surface area contributed by atoms with Crippen LogP contribution in [0.4, 0.5) is 0 Å². The number of aliphatic carboxylic acids is 1. The highest BCUT2D eigenvalue weighted by Crippen LogP contribution is 2.15. The lowest BCUT2D eigenvalue weighted by atomic mass is 10.1. The Bertz CT molecular complexity index is 394. The standard InChI is InChI=1S/C13H16O3/c1-3-5-11-6-4-7-12(8-11)16-9-10(2)13(14)15/h4,6-9H,3,5H2,1-2H3,(H,14,15)/b10-9+. The van der Waals surface area contributed by atoms with E-state index >= 15 is 0 Å². The zero-order chi connectivity index (χ0) is 12.0. The third-order valence-corrected chi connectivity index (χ3v) is 2.15. The summed E-state index contributed by atoms with van der Waals surface area (Å²) in [6.07, 6.45) is 3.33. The fourth-order valence-electron chi connectivity index (χ4n) is 1.27. The van der Waals surface area contributed by atoms with Crippen molar-refractivity contribution >= 4 is 5.97 Å². The van der Waals surface area contributed by atoms with Crippen LogP contribution < -0.4 is 4.74 Å². The molecule has 0 saturated carbocycles. The highest BCUT2D eigenvalue weighted by atomic mass is 16.5. The molecule has 1 N–H and O–H groups in total. The number of ether oxygens (including phenoxy) is 1. The van der Waals surface area contributed by atoms with Gasteiger partial charge in [0.25, 0.3) is 0 Å². The fourth-order valence-corrected chi connectivity index (χ4v) is 1.27. The number of aryl methyl sites for hydroxylation is 1. The van der Waals surface area contributed by atoms with Crippen LogP contribution in [0.5, 0.6) is 5.75 Å². The molecule has 0 atom stereocenters. The van der Waals surface area contributed by atoms with Gasteiger partial charge < -0.3 is 9.84 Å². The van der Waals surface area contributed by atoms with E-state index in [1.807, 2.05) is 24.3 Å². The first kappa shape index (κ1) is 12.3. The molecule has 16 heavy (non-hydrogen) atoms. The van der Waals surface area contributed by atoms with Gasteiger partial charge >= 0.3 is 5.97 Å². The lowest BCUT2D eigenvalue weighted by Crippen LogP contribution is -1.98. The SMILES string of the molecule is CCCc1cccc(O/C=C(\C)C(=O)O)c1. The summed E-state index contributed by atoms with van der Waals surface area (Å²) >= 11 is 0. The van der Waals surface area contributed by atoms with Crippen molar-refractivity contribution in [3.8, 4) is 5.75 Å². The van der Waals surface area contributed by atoms with Crippen molar-refractivity contribution < 1.29 is 14.6 Å². The molecule has 3 nitrogen and oxygen atoms in total. The van der Waals surface area contributed by atoms with Gasteiger partial charge in [-0.2, -0.15) is 0 Å². The average molecular weight is 220 g/mol. The number of carboxylic acid groups (broad SMARTS) is 1. The molecule has 0 radical (unpaired) electrons. The molecule has 0 aliphatic heterocycles. The summed E-state index contributed by atoms with van der Waals surface area (Å²) in [4.78, 5) is 10.5. The smallest absolute Gasteiger partial charge is 0.334 e. The van der Waals surface area contributed by atoms with E-state index < -0.39 is 5.97 Å². The zero-order valence-electron chi connectivity index (χ0n) is 9.56. The second-order valence-corrected chi connectivity index (χ2v) is 3.62. The maximum Gasteiger partial charge on any atom is 0.334 e. The Morgan fingerprint density at radius 1 is 1.50 bits per heavy atom. The number of carboxylic acids is 1. The van der Waals surface area contributed by atoms with E-state index in [2.05, 4.69) is 6.92 Å². The molecule has 0 unspecified atom stereocenters. The first-order valence-corrected chi connectivity index (χ1v) is 5.29. The lowest BCUT2D eigenvalue weighted by molar-refractivity contribution is -0.132. The molecule has 0 heterocycles. The van der Waals surface area contributed by atoms with E-state index in [9.17, 15) is 4.79 Å². The van der Waals surface area contributed by atoms with Gasteiger partial charge in [-0.1, -0.05) is 25.5 Å². The van der Waals surface area contributed by atoms with Crippen LogP contribution in [0.2, 0.25) is 0 Å². The van der Waals surface area contributed by atoms with Crippen LogP contribution in [0.25, 0.3) is 0 Å². The maximum atomic E-state index is 10.5.